The maximum Gasteiger partial charge on any atom is 0.255 e. The van der Waals surface area contributed by atoms with Crippen LogP contribution in [-0.2, 0) is 10.5 Å². The molecule has 0 unspecified atom stereocenters. The highest BCUT2D eigenvalue weighted by atomic mass is 32.2. The number of rotatable bonds is 7. The monoisotopic (exact) mass is 342 g/mol. The molecule has 0 aliphatic rings. The van der Waals surface area contributed by atoms with E-state index < -0.39 is 5.91 Å². The van der Waals surface area contributed by atoms with Gasteiger partial charge >= 0.3 is 0 Å². The molecule has 0 spiro atoms. The van der Waals surface area contributed by atoms with Gasteiger partial charge in [-0.2, -0.15) is 5.10 Å². The Morgan fingerprint density at radius 1 is 1.08 bits per heavy atom. The first kappa shape index (κ1) is 17.6. The number of ether oxygens (including phenoxy) is 1. The van der Waals surface area contributed by atoms with Gasteiger partial charge in [0.15, 0.2) is 11.8 Å². The average Bonchev–Trinajstić information content (AvgIpc) is 2.60. The Morgan fingerprint density at radius 3 is 2.54 bits per heavy atom. The molecule has 124 valence electrons. The van der Waals surface area contributed by atoms with Crippen molar-refractivity contribution in [2.45, 2.75) is 5.75 Å². The second-order valence-corrected chi connectivity index (χ2v) is 5.75. The van der Waals surface area contributed by atoms with Crippen LogP contribution in [0, 0.1) is 0 Å². The molecule has 2 aromatic carbocycles. The number of nitrogens with two attached hydrogens (primary N) is 2. The minimum Gasteiger partial charge on any atom is -0.483 e. The van der Waals surface area contributed by atoms with Crippen molar-refractivity contribution in [1.82, 2.24) is 0 Å². The van der Waals surface area contributed by atoms with Gasteiger partial charge in [0.05, 0.1) is 6.21 Å². The predicted octanol–water partition coefficient (Wildman–Crippen LogP) is 2.13. The minimum absolute atomic E-state index is 0.191. The summed E-state index contributed by atoms with van der Waals surface area (Å²) in [5, 5.41) is 8.28. The van der Waals surface area contributed by atoms with Crippen molar-refractivity contribution >= 4 is 29.1 Å². The van der Waals surface area contributed by atoms with Crippen molar-refractivity contribution < 1.29 is 9.53 Å². The molecule has 2 aromatic rings. The van der Waals surface area contributed by atoms with Crippen LogP contribution in [0.5, 0.6) is 5.75 Å². The number of carbonyl (C=O) groups is 1. The van der Waals surface area contributed by atoms with E-state index >= 15 is 0 Å². The summed E-state index contributed by atoms with van der Waals surface area (Å²) in [6, 6.07) is 17.1. The van der Waals surface area contributed by atoms with Gasteiger partial charge < -0.3 is 16.2 Å². The van der Waals surface area contributed by atoms with Crippen molar-refractivity contribution in [3.8, 4) is 5.75 Å². The number of primary amides is 1. The van der Waals surface area contributed by atoms with Gasteiger partial charge in [0.2, 0.25) is 0 Å². The molecule has 0 fully saturated rings. The van der Waals surface area contributed by atoms with E-state index in [0.717, 1.165) is 11.3 Å². The number of nitrogens with zero attached hydrogens (tertiary/aromatic N) is 2. The van der Waals surface area contributed by atoms with E-state index in [4.69, 9.17) is 16.2 Å². The topological polar surface area (TPSA) is 103 Å². The summed E-state index contributed by atoms with van der Waals surface area (Å²) in [5.74, 6) is 0.691. The SMILES string of the molecule is NC(=O)COc1ccccc1C=NN=C(N)SCc1ccccc1. The molecule has 0 aliphatic heterocycles. The third-order valence-corrected chi connectivity index (χ3v) is 3.73. The van der Waals surface area contributed by atoms with Crippen molar-refractivity contribution in [2.24, 2.45) is 21.7 Å². The normalized spacial score (nSPS) is 11.6. The van der Waals surface area contributed by atoms with E-state index in [1.54, 1.807) is 18.2 Å². The molecule has 24 heavy (non-hydrogen) atoms. The van der Waals surface area contributed by atoms with Crippen LogP contribution in [0.1, 0.15) is 11.1 Å². The second kappa shape index (κ2) is 9.36. The Labute approximate surface area is 144 Å². The summed E-state index contributed by atoms with van der Waals surface area (Å²) in [6.07, 6.45) is 1.52. The van der Waals surface area contributed by atoms with E-state index in [2.05, 4.69) is 10.2 Å². The predicted molar refractivity (Wildman–Crippen MR) is 98.1 cm³/mol. The first-order valence-electron chi connectivity index (χ1n) is 7.18. The Morgan fingerprint density at radius 2 is 1.79 bits per heavy atom. The lowest BCUT2D eigenvalue weighted by atomic mass is 10.2. The van der Waals surface area contributed by atoms with E-state index in [9.17, 15) is 4.79 Å². The maximum atomic E-state index is 10.8. The summed E-state index contributed by atoms with van der Waals surface area (Å²) in [4.78, 5) is 10.8. The lowest BCUT2D eigenvalue weighted by Crippen LogP contribution is -2.20. The van der Waals surface area contributed by atoms with E-state index in [-0.39, 0.29) is 6.61 Å². The Balaban J connectivity index is 1.93. The molecule has 1 amide bonds. The molecular weight excluding hydrogens is 324 g/mol. The van der Waals surface area contributed by atoms with Crippen molar-refractivity contribution in [3.63, 3.8) is 0 Å². The third-order valence-electron chi connectivity index (χ3n) is 2.87. The van der Waals surface area contributed by atoms with Crippen LogP contribution < -0.4 is 16.2 Å². The highest BCUT2D eigenvalue weighted by molar-refractivity contribution is 8.13. The van der Waals surface area contributed by atoms with Crippen LogP contribution in [0.25, 0.3) is 0 Å². The van der Waals surface area contributed by atoms with Gasteiger partial charge in [-0.1, -0.05) is 54.2 Å². The molecule has 6 nitrogen and oxygen atoms in total. The molecule has 0 atom stereocenters. The summed E-state index contributed by atoms with van der Waals surface area (Å²) >= 11 is 1.40. The number of benzene rings is 2. The van der Waals surface area contributed by atoms with Gasteiger partial charge in [0.1, 0.15) is 5.75 Å². The number of carbonyl (C=O) groups excluding carboxylic acids is 1. The van der Waals surface area contributed by atoms with Crippen LogP contribution in [0.3, 0.4) is 0 Å². The smallest absolute Gasteiger partial charge is 0.255 e. The van der Waals surface area contributed by atoms with Gasteiger partial charge in [-0.3, -0.25) is 4.79 Å². The quantitative estimate of drug-likeness (QED) is 0.457. The fourth-order valence-electron chi connectivity index (χ4n) is 1.78. The average molecular weight is 342 g/mol. The van der Waals surface area contributed by atoms with Gasteiger partial charge in [-0.25, -0.2) is 0 Å². The van der Waals surface area contributed by atoms with Gasteiger partial charge in [0.25, 0.3) is 5.91 Å². The van der Waals surface area contributed by atoms with Gasteiger partial charge in [0, 0.05) is 11.3 Å². The Hall–Kier alpha value is -2.80. The van der Waals surface area contributed by atoms with Crippen molar-refractivity contribution in [1.29, 1.82) is 0 Å². The largest absolute Gasteiger partial charge is 0.483 e. The highest BCUT2D eigenvalue weighted by Gasteiger charge is 2.02. The zero-order valence-electron chi connectivity index (χ0n) is 13.0. The standard InChI is InChI=1S/C17H18N4O2S/c18-16(22)11-23-15-9-5-4-8-14(15)10-20-21-17(19)24-12-13-6-2-1-3-7-13/h1-10H,11-12H2,(H2,18,22)(H2,19,21). The summed E-state index contributed by atoms with van der Waals surface area (Å²) < 4.78 is 5.31. The van der Waals surface area contributed by atoms with E-state index in [0.29, 0.717) is 16.5 Å². The van der Waals surface area contributed by atoms with Crippen LogP contribution in [0.4, 0.5) is 0 Å². The number of para-hydroxylation sites is 1. The summed E-state index contributed by atoms with van der Waals surface area (Å²) in [7, 11) is 0. The molecule has 0 heterocycles. The number of amidine groups is 1. The fourth-order valence-corrected chi connectivity index (χ4v) is 2.39. The third kappa shape index (κ3) is 6.13. The summed E-state index contributed by atoms with van der Waals surface area (Å²) in [6.45, 7) is -0.191. The first-order valence-corrected chi connectivity index (χ1v) is 8.17. The van der Waals surface area contributed by atoms with Crippen LogP contribution in [0.2, 0.25) is 0 Å². The molecule has 4 N–H and O–H groups in total. The van der Waals surface area contributed by atoms with Crippen molar-refractivity contribution in [3.05, 3.63) is 65.7 Å². The van der Waals surface area contributed by atoms with Gasteiger partial charge in [-0.05, 0) is 17.7 Å². The fraction of sp³-hybridized carbons (Fsp3) is 0.118. The number of thioether (sulfide) groups is 1. The van der Waals surface area contributed by atoms with Gasteiger partial charge in [-0.15, -0.1) is 5.10 Å². The molecule has 0 radical (unpaired) electrons. The molecule has 7 heteroatoms. The zero-order chi connectivity index (χ0) is 17.2. The molecule has 0 saturated heterocycles. The number of hydrogen-bond acceptors (Lipinski definition) is 5. The number of amides is 1. The van der Waals surface area contributed by atoms with E-state index in [1.807, 2.05) is 36.4 Å². The minimum atomic E-state index is -0.540. The Bertz CT molecular complexity index is 732. The lowest BCUT2D eigenvalue weighted by molar-refractivity contribution is -0.119. The molecular formula is C17H18N4O2S. The number of hydrogen-bond donors (Lipinski definition) is 2. The maximum absolute atomic E-state index is 10.8. The molecule has 0 aliphatic carbocycles. The van der Waals surface area contributed by atoms with Crippen molar-refractivity contribution in [2.75, 3.05) is 6.61 Å². The molecule has 0 aromatic heterocycles. The van der Waals surface area contributed by atoms with Crippen LogP contribution in [-0.4, -0.2) is 23.9 Å². The van der Waals surface area contributed by atoms with Crippen LogP contribution >= 0.6 is 11.8 Å². The van der Waals surface area contributed by atoms with Crippen LogP contribution in [0.15, 0.2) is 64.8 Å². The zero-order valence-corrected chi connectivity index (χ0v) is 13.8. The second-order valence-electron chi connectivity index (χ2n) is 4.75. The molecule has 0 bridgehead atoms. The lowest BCUT2D eigenvalue weighted by Gasteiger charge is -2.06. The first-order chi connectivity index (χ1) is 11.6. The van der Waals surface area contributed by atoms with E-state index in [1.165, 1.54) is 18.0 Å². The molecule has 2 rings (SSSR count). The molecule has 0 saturated carbocycles. The Kier molecular flexibility index (Phi) is 6.85. The summed E-state index contributed by atoms with van der Waals surface area (Å²) in [5.41, 5.74) is 12.7. The highest BCUT2D eigenvalue weighted by Crippen LogP contribution is 2.16.